The van der Waals surface area contributed by atoms with E-state index in [0.717, 1.165) is 16.7 Å². The monoisotopic (exact) mass is 287 g/mol. The number of anilines is 1. The summed E-state index contributed by atoms with van der Waals surface area (Å²) in [6.07, 6.45) is 0. The van der Waals surface area contributed by atoms with Crippen molar-refractivity contribution in [3.05, 3.63) is 58.9 Å². The molecule has 110 valence electrons. The fraction of sp³-hybridized carbons (Fsp3) is 0.235. The molecular formula is C17H18FNO2. The second kappa shape index (κ2) is 6.39. The molecule has 3 nitrogen and oxygen atoms in total. The third-order valence-electron chi connectivity index (χ3n) is 3.16. The minimum atomic E-state index is -0.449. The molecule has 0 saturated carbocycles. The molecule has 0 atom stereocenters. The second-order valence-corrected chi connectivity index (χ2v) is 5.04. The largest absolute Gasteiger partial charge is 0.483 e. The molecule has 0 aromatic heterocycles. The Labute approximate surface area is 123 Å². The van der Waals surface area contributed by atoms with Crippen LogP contribution >= 0.6 is 0 Å². The van der Waals surface area contributed by atoms with Gasteiger partial charge >= 0.3 is 0 Å². The molecule has 0 spiro atoms. The highest BCUT2D eigenvalue weighted by Crippen LogP contribution is 2.22. The minimum absolute atomic E-state index is 0.154. The number of hydrogen-bond acceptors (Lipinski definition) is 2. The number of carbonyl (C=O) groups is 1. The maximum absolute atomic E-state index is 13.6. The zero-order valence-electron chi connectivity index (χ0n) is 12.4. The smallest absolute Gasteiger partial charge is 0.262 e. The van der Waals surface area contributed by atoms with Gasteiger partial charge in [0.25, 0.3) is 5.91 Å². The van der Waals surface area contributed by atoms with E-state index < -0.39 is 5.82 Å². The van der Waals surface area contributed by atoms with Gasteiger partial charge in [0, 0.05) is 0 Å². The van der Waals surface area contributed by atoms with Crippen molar-refractivity contribution in [1.29, 1.82) is 0 Å². The molecule has 0 bridgehead atoms. The fourth-order valence-corrected chi connectivity index (χ4v) is 2.07. The van der Waals surface area contributed by atoms with Gasteiger partial charge < -0.3 is 10.1 Å². The van der Waals surface area contributed by atoms with E-state index in [0.29, 0.717) is 5.75 Å². The van der Waals surface area contributed by atoms with Crippen LogP contribution < -0.4 is 10.1 Å². The lowest BCUT2D eigenvalue weighted by molar-refractivity contribution is -0.118. The lowest BCUT2D eigenvalue weighted by Crippen LogP contribution is -2.21. The average Bonchev–Trinajstić information content (AvgIpc) is 2.41. The summed E-state index contributed by atoms with van der Waals surface area (Å²) in [6, 6.07) is 10.4. The number of hydrogen-bond donors (Lipinski definition) is 1. The molecule has 0 fully saturated rings. The van der Waals surface area contributed by atoms with Crippen molar-refractivity contribution in [3.63, 3.8) is 0 Å². The minimum Gasteiger partial charge on any atom is -0.483 e. The number of ether oxygens (including phenoxy) is 1. The van der Waals surface area contributed by atoms with E-state index in [-0.39, 0.29) is 18.2 Å². The summed E-state index contributed by atoms with van der Waals surface area (Å²) >= 11 is 0. The topological polar surface area (TPSA) is 38.3 Å². The second-order valence-electron chi connectivity index (χ2n) is 5.04. The molecule has 4 heteroatoms. The number of rotatable bonds is 4. The Hall–Kier alpha value is -2.36. The van der Waals surface area contributed by atoms with Gasteiger partial charge in [0.05, 0.1) is 5.69 Å². The predicted octanol–water partition coefficient (Wildman–Crippen LogP) is 3.77. The first-order valence-electron chi connectivity index (χ1n) is 6.72. The van der Waals surface area contributed by atoms with E-state index in [9.17, 15) is 9.18 Å². The normalized spacial score (nSPS) is 10.3. The van der Waals surface area contributed by atoms with Crippen LogP contribution in [0.25, 0.3) is 0 Å². The maximum atomic E-state index is 13.6. The molecule has 2 aromatic rings. The molecule has 0 aliphatic carbocycles. The van der Waals surface area contributed by atoms with Crippen LogP contribution in [-0.4, -0.2) is 12.5 Å². The van der Waals surface area contributed by atoms with Crippen molar-refractivity contribution in [2.45, 2.75) is 20.8 Å². The molecule has 0 unspecified atom stereocenters. The number of aryl methyl sites for hydroxylation is 3. The van der Waals surface area contributed by atoms with Crippen LogP contribution in [0.1, 0.15) is 16.7 Å². The molecule has 0 aliphatic heterocycles. The maximum Gasteiger partial charge on any atom is 0.262 e. The van der Waals surface area contributed by atoms with Gasteiger partial charge in [-0.15, -0.1) is 0 Å². The van der Waals surface area contributed by atoms with E-state index in [4.69, 9.17) is 4.74 Å². The standard InChI is InChI=1S/C17H18FNO2/c1-11-7-8-15(14(18)9-11)19-16(20)10-21-17-12(2)5-4-6-13(17)3/h4-9H,10H2,1-3H3,(H,19,20). The molecule has 1 amide bonds. The van der Waals surface area contributed by atoms with Crippen LogP contribution in [-0.2, 0) is 4.79 Å². The summed E-state index contributed by atoms with van der Waals surface area (Å²) in [7, 11) is 0. The first kappa shape index (κ1) is 15.0. The van der Waals surface area contributed by atoms with E-state index >= 15 is 0 Å². The van der Waals surface area contributed by atoms with Crippen molar-refractivity contribution >= 4 is 11.6 Å². The number of nitrogens with one attached hydrogen (secondary N) is 1. The van der Waals surface area contributed by atoms with E-state index in [1.54, 1.807) is 19.1 Å². The molecular weight excluding hydrogens is 269 g/mol. The number of benzene rings is 2. The third kappa shape index (κ3) is 3.81. The Bertz CT molecular complexity index is 648. The summed E-state index contributed by atoms with van der Waals surface area (Å²) in [5.74, 6) is -0.146. The van der Waals surface area contributed by atoms with Crippen molar-refractivity contribution in [1.82, 2.24) is 0 Å². The Morgan fingerprint density at radius 3 is 2.43 bits per heavy atom. The van der Waals surface area contributed by atoms with Crippen molar-refractivity contribution < 1.29 is 13.9 Å². The zero-order chi connectivity index (χ0) is 15.4. The fourth-order valence-electron chi connectivity index (χ4n) is 2.07. The summed E-state index contributed by atoms with van der Waals surface area (Å²) < 4.78 is 19.2. The highest BCUT2D eigenvalue weighted by Gasteiger charge is 2.10. The highest BCUT2D eigenvalue weighted by molar-refractivity contribution is 5.92. The Balaban J connectivity index is 1.99. The summed E-state index contributed by atoms with van der Waals surface area (Å²) in [6.45, 7) is 5.47. The average molecular weight is 287 g/mol. The number of halogens is 1. The molecule has 1 N–H and O–H groups in total. The van der Waals surface area contributed by atoms with Crippen molar-refractivity contribution in [2.24, 2.45) is 0 Å². The van der Waals surface area contributed by atoms with Crippen LogP contribution in [0.4, 0.5) is 10.1 Å². The molecule has 2 rings (SSSR count). The highest BCUT2D eigenvalue weighted by atomic mass is 19.1. The lowest BCUT2D eigenvalue weighted by atomic mass is 10.1. The molecule has 2 aromatic carbocycles. The van der Waals surface area contributed by atoms with E-state index in [1.807, 2.05) is 32.0 Å². The molecule has 0 radical (unpaired) electrons. The van der Waals surface area contributed by atoms with E-state index in [1.165, 1.54) is 6.07 Å². The van der Waals surface area contributed by atoms with Gasteiger partial charge in [-0.2, -0.15) is 0 Å². The zero-order valence-corrected chi connectivity index (χ0v) is 12.4. The van der Waals surface area contributed by atoms with Crippen LogP contribution in [0.3, 0.4) is 0 Å². The van der Waals surface area contributed by atoms with Crippen molar-refractivity contribution in [2.75, 3.05) is 11.9 Å². The molecule has 21 heavy (non-hydrogen) atoms. The molecule has 0 aliphatic rings. The van der Waals surface area contributed by atoms with Crippen LogP contribution in [0, 0.1) is 26.6 Å². The van der Waals surface area contributed by atoms with Gasteiger partial charge in [-0.05, 0) is 49.6 Å². The van der Waals surface area contributed by atoms with Gasteiger partial charge in [-0.25, -0.2) is 4.39 Å². The summed E-state index contributed by atoms with van der Waals surface area (Å²) in [5.41, 5.74) is 2.89. The van der Waals surface area contributed by atoms with E-state index in [2.05, 4.69) is 5.32 Å². The first-order chi connectivity index (χ1) is 9.97. The predicted molar refractivity (Wildman–Crippen MR) is 81.2 cm³/mol. The van der Waals surface area contributed by atoms with Crippen molar-refractivity contribution in [3.8, 4) is 5.75 Å². The van der Waals surface area contributed by atoms with Crippen LogP contribution in [0.2, 0.25) is 0 Å². The van der Waals surface area contributed by atoms with Gasteiger partial charge in [-0.3, -0.25) is 4.79 Å². The summed E-state index contributed by atoms with van der Waals surface area (Å²) in [5, 5.41) is 2.51. The Morgan fingerprint density at radius 2 is 1.81 bits per heavy atom. The molecule has 0 saturated heterocycles. The first-order valence-corrected chi connectivity index (χ1v) is 6.72. The molecule has 0 heterocycles. The lowest BCUT2D eigenvalue weighted by Gasteiger charge is -2.12. The Kier molecular flexibility index (Phi) is 4.58. The van der Waals surface area contributed by atoms with Crippen LogP contribution in [0.15, 0.2) is 36.4 Å². The quantitative estimate of drug-likeness (QED) is 0.929. The van der Waals surface area contributed by atoms with Gasteiger partial charge in [-0.1, -0.05) is 24.3 Å². The SMILES string of the molecule is Cc1ccc(NC(=O)COc2c(C)cccc2C)c(F)c1. The number of amides is 1. The van der Waals surface area contributed by atoms with Gasteiger partial charge in [0.15, 0.2) is 6.61 Å². The number of para-hydroxylation sites is 1. The number of carbonyl (C=O) groups excluding carboxylic acids is 1. The Morgan fingerprint density at radius 1 is 1.14 bits per heavy atom. The van der Waals surface area contributed by atoms with Gasteiger partial charge in [0.1, 0.15) is 11.6 Å². The summed E-state index contributed by atoms with van der Waals surface area (Å²) in [4.78, 5) is 11.8. The third-order valence-corrected chi connectivity index (χ3v) is 3.16. The van der Waals surface area contributed by atoms with Gasteiger partial charge in [0.2, 0.25) is 0 Å². The van der Waals surface area contributed by atoms with Crippen LogP contribution in [0.5, 0.6) is 5.75 Å².